The standard InChI is InChI=1S/C25H22F5N3O2/c1-14-3-4-16(12-21(14)27)23(15(2)32-24(34)25(28,29)30)35-20-9-10-22(17(11-20)13-31)33-19-7-5-18(26)6-8-19/h3-13,15,23,31,33H,1-2H3,(H,32,34)/t15-,23-/m0/s1. The van der Waals surface area contributed by atoms with E-state index in [9.17, 15) is 26.7 Å². The number of benzene rings is 3. The van der Waals surface area contributed by atoms with Crippen molar-refractivity contribution in [3.05, 3.63) is 89.0 Å². The van der Waals surface area contributed by atoms with Gasteiger partial charge in [-0.1, -0.05) is 12.1 Å². The maximum atomic E-state index is 14.2. The predicted octanol–water partition coefficient (Wildman–Crippen LogP) is 6.20. The molecular formula is C25H22F5N3O2. The molecule has 2 atom stereocenters. The Kier molecular flexibility index (Phi) is 7.73. The highest BCUT2D eigenvalue weighted by molar-refractivity contribution is 5.88. The molecule has 3 N–H and O–H groups in total. The normalized spacial score (nSPS) is 13.0. The maximum absolute atomic E-state index is 14.2. The topological polar surface area (TPSA) is 74.2 Å². The van der Waals surface area contributed by atoms with E-state index in [-0.39, 0.29) is 11.3 Å². The molecule has 1 amide bonds. The molecule has 0 aliphatic rings. The molecule has 0 saturated carbocycles. The van der Waals surface area contributed by atoms with Gasteiger partial charge in [-0.15, -0.1) is 0 Å². The summed E-state index contributed by atoms with van der Waals surface area (Å²) >= 11 is 0. The molecule has 0 aromatic heterocycles. The smallest absolute Gasteiger partial charge is 0.471 e. The van der Waals surface area contributed by atoms with Crippen LogP contribution < -0.4 is 15.4 Å². The van der Waals surface area contributed by atoms with E-state index in [0.29, 0.717) is 22.5 Å². The fourth-order valence-corrected chi connectivity index (χ4v) is 3.29. The van der Waals surface area contributed by atoms with E-state index >= 15 is 0 Å². The van der Waals surface area contributed by atoms with E-state index in [1.54, 1.807) is 6.07 Å². The molecule has 0 unspecified atom stereocenters. The minimum atomic E-state index is -5.10. The van der Waals surface area contributed by atoms with Crippen LogP contribution in [0.25, 0.3) is 0 Å². The molecule has 0 bridgehead atoms. The lowest BCUT2D eigenvalue weighted by Crippen LogP contribution is -2.45. The van der Waals surface area contributed by atoms with Crippen LogP contribution in [0, 0.1) is 24.0 Å². The molecule has 0 radical (unpaired) electrons. The number of ether oxygens (including phenoxy) is 1. The molecule has 0 saturated heterocycles. The summed E-state index contributed by atoms with van der Waals surface area (Å²) in [6.07, 6.45) is -5.24. The lowest BCUT2D eigenvalue weighted by Gasteiger charge is -2.27. The van der Waals surface area contributed by atoms with Gasteiger partial charge < -0.3 is 20.8 Å². The fraction of sp³-hybridized carbons (Fsp3) is 0.200. The third-order valence-corrected chi connectivity index (χ3v) is 5.16. The zero-order valence-electron chi connectivity index (χ0n) is 18.7. The molecule has 3 rings (SSSR count). The van der Waals surface area contributed by atoms with Gasteiger partial charge in [-0.2, -0.15) is 13.2 Å². The van der Waals surface area contributed by atoms with Crippen LogP contribution in [-0.2, 0) is 4.79 Å². The number of rotatable bonds is 8. The van der Waals surface area contributed by atoms with Gasteiger partial charge in [-0.25, -0.2) is 8.78 Å². The van der Waals surface area contributed by atoms with E-state index in [1.807, 2.05) is 5.32 Å². The van der Waals surface area contributed by atoms with Crippen LogP contribution in [0.4, 0.5) is 33.3 Å². The van der Waals surface area contributed by atoms with Gasteiger partial charge in [0.2, 0.25) is 0 Å². The molecule has 35 heavy (non-hydrogen) atoms. The molecule has 3 aromatic carbocycles. The largest absolute Gasteiger partial charge is 0.484 e. The Morgan fingerprint density at radius 2 is 1.71 bits per heavy atom. The molecule has 3 aromatic rings. The summed E-state index contributed by atoms with van der Waals surface area (Å²) in [7, 11) is 0. The van der Waals surface area contributed by atoms with Crippen LogP contribution in [0.15, 0.2) is 60.7 Å². The van der Waals surface area contributed by atoms with Crippen molar-refractivity contribution < 1.29 is 31.5 Å². The highest BCUT2D eigenvalue weighted by Gasteiger charge is 2.40. The van der Waals surface area contributed by atoms with Crippen molar-refractivity contribution in [2.24, 2.45) is 0 Å². The second-order valence-corrected chi connectivity index (χ2v) is 7.83. The average Bonchev–Trinajstić information content (AvgIpc) is 2.80. The van der Waals surface area contributed by atoms with Crippen molar-refractivity contribution in [2.75, 3.05) is 5.32 Å². The second-order valence-electron chi connectivity index (χ2n) is 7.83. The summed E-state index contributed by atoms with van der Waals surface area (Å²) in [6, 6.07) is 13.0. The summed E-state index contributed by atoms with van der Waals surface area (Å²) in [6.45, 7) is 2.85. The van der Waals surface area contributed by atoms with Crippen molar-refractivity contribution in [2.45, 2.75) is 32.2 Å². The van der Waals surface area contributed by atoms with E-state index in [1.165, 1.54) is 62.4 Å². The maximum Gasteiger partial charge on any atom is 0.471 e. The molecule has 10 heteroatoms. The molecule has 0 spiro atoms. The third-order valence-electron chi connectivity index (χ3n) is 5.16. The number of anilines is 2. The number of nitrogens with one attached hydrogen (secondary N) is 3. The first kappa shape index (κ1) is 25.7. The number of hydrogen-bond acceptors (Lipinski definition) is 4. The quantitative estimate of drug-likeness (QED) is 0.259. The molecular weight excluding hydrogens is 469 g/mol. The Bertz CT molecular complexity index is 1210. The Balaban J connectivity index is 1.90. The van der Waals surface area contributed by atoms with Crippen LogP contribution in [-0.4, -0.2) is 24.3 Å². The minimum Gasteiger partial charge on any atom is -0.484 e. The molecule has 0 fully saturated rings. The zero-order chi connectivity index (χ0) is 25.8. The van der Waals surface area contributed by atoms with E-state index in [0.717, 1.165) is 12.3 Å². The molecule has 184 valence electrons. The first-order chi connectivity index (χ1) is 16.5. The summed E-state index contributed by atoms with van der Waals surface area (Å²) in [4.78, 5) is 11.5. The Morgan fingerprint density at radius 3 is 2.31 bits per heavy atom. The van der Waals surface area contributed by atoms with Crippen LogP contribution in [0.1, 0.15) is 29.7 Å². The Hall–Kier alpha value is -3.95. The lowest BCUT2D eigenvalue weighted by molar-refractivity contribution is -0.174. The number of alkyl halides is 3. The van der Waals surface area contributed by atoms with E-state index in [2.05, 4.69) is 5.32 Å². The summed E-state index contributed by atoms with van der Waals surface area (Å²) < 4.78 is 71.7. The predicted molar refractivity (Wildman–Crippen MR) is 122 cm³/mol. The van der Waals surface area contributed by atoms with Gasteiger partial charge in [-0.3, -0.25) is 4.79 Å². The Labute approximate surface area is 198 Å². The number of aryl methyl sites for hydroxylation is 1. The Morgan fingerprint density at radius 1 is 1.03 bits per heavy atom. The summed E-state index contributed by atoms with van der Waals surface area (Å²) in [5, 5.41) is 12.6. The van der Waals surface area contributed by atoms with Crippen molar-refractivity contribution >= 4 is 23.5 Å². The number of amides is 1. The molecule has 5 nitrogen and oxygen atoms in total. The SMILES string of the molecule is Cc1ccc([C@@H](Oc2ccc(Nc3ccc(F)cc3)c(C=N)c2)[C@H](C)NC(=O)C(F)(F)F)cc1F. The van der Waals surface area contributed by atoms with Crippen molar-refractivity contribution in [3.8, 4) is 5.75 Å². The highest BCUT2D eigenvalue weighted by atomic mass is 19.4. The van der Waals surface area contributed by atoms with Gasteiger partial charge in [0.25, 0.3) is 0 Å². The average molecular weight is 491 g/mol. The van der Waals surface area contributed by atoms with E-state index in [4.69, 9.17) is 10.1 Å². The highest BCUT2D eigenvalue weighted by Crippen LogP contribution is 2.30. The van der Waals surface area contributed by atoms with Gasteiger partial charge in [0, 0.05) is 23.2 Å². The lowest BCUT2D eigenvalue weighted by atomic mass is 10.0. The second kappa shape index (κ2) is 10.5. The first-order valence-corrected chi connectivity index (χ1v) is 10.5. The summed E-state index contributed by atoms with van der Waals surface area (Å²) in [5.41, 5.74) is 1.98. The molecule has 0 aliphatic heterocycles. The number of halogens is 5. The van der Waals surface area contributed by atoms with Crippen LogP contribution >= 0.6 is 0 Å². The van der Waals surface area contributed by atoms with Gasteiger partial charge >= 0.3 is 12.1 Å². The number of carbonyl (C=O) groups is 1. The van der Waals surface area contributed by atoms with Crippen LogP contribution in [0.3, 0.4) is 0 Å². The van der Waals surface area contributed by atoms with Crippen molar-refractivity contribution in [1.29, 1.82) is 5.41 Å². The fourth-order valence-electron chi connectivity index (χ4n) is 3.29. The van der Waals surface area contributed by atoms with Gasteiger partial charge in [0.05, 0.1) is 6.04 Å². The minimum absolute atomic E-state index is 0.173. The van der Waals surface area contributed by atoms with E-state index < -0.39 is 35.9 Å². The molecule has 0 heterocycles. The zero-order valence-corrected chi connectivity index (χ0v) is 18.7. The van der Waals surface area contributed by atoms with Gasteiger partial charge in [0.1, 0.15) is 23.5 Å². The monoisotopic (exact) mass is 491 g/mol. The third kappa shape index (κ3) is 6.56. The summed E-state index contributed by atoms with van der Waals surface area (Å²) in [5.74, 6) is -2.96. The van der Waals surface area contributed by atoms with Crippen molar-refractivity contribution in [3.63, 3.8) is 0 Å². The van der Waals surface area contributed by atoms with Gasteiger partial charge in [0.15, 0.2) is 0 Å². The van der Waals surface area contributed by atoms with Crippen LogP contribution in [0.5, 0.6) is 5.75 Å². The van der Waals surface area contributed by atoms with Crippen molar-refractivity contribution in [1.82, 2.24) is 5.32 Å². The van der Waals surface area contributed by atoms with Gasteiger partial charge in [-0.05, 0) is 73.5 Å². The number of hydrogen-bond donors (Lipinski definition) is 3. The molecule has 0 aliphatic carbocycles. The first-order valence-electron chi connectivity index (χ1n) is 10.5. The van der Waals surface area contributed by atoms with Crippen LogP contribution in [0.2, 0.25) is 0 Å². The number of carbonyl (C=O) groups excluding carboxylic acids is 1.